The summed E-state index contributed by atoms with van der Waals surface area (Å²) >= 11 is 0. The number of hydrogen-bond donors (Lipinski definition) is 1. The molecular formula is C20H27N3O3. The van der Waals surface area contributed by atoms with E-state index in [2.05, 4.69) is 5.10 Å². The molecule has 1 aromatic carbocycles. The molecule has 0 radical (unpaired) electrons. The molecule has 2 aromatic rings. The van der Waals surface area contributed by atoms with Gasteiger partial charge in [0.2, 0.25) is 5.91 Å². The Bertz CT molecular complexity index is 716. The first-order valence-electron chi connectivity index (χ1n) is 9.20. The standard InChI is InChI=1S/C20H27N3O3/c1-22-15-17(14-21-22)8-9-19(24)23-12-5-10-20(25,11-13-23)16-26-18-6-3-2-4-7-18/h2-4,6-7,14-15,25H,5,8-13,16H2,1H3. The Morgan fingerprint density at radius 1 is 1.27 bits per heavy atom. The van der Waals surface area contributed by atoms with Gasteiger partial charge in [-0.15, -0.1) is 0 Å². The summed E-state index contributed by atoms with van der Waals surface area (Å²) in [7, 11) is 1.87. The minimum absolute atomic E-state index is 0.141. The number of hydrogen-bond acceptors (Lipinski definition) is 4. The quantitative estimate of drug-likeness (QED) is 0.860. The molecule has 1 aliphatic heterocycles. The number of para-hydroxylation sites is 1. The SMILES string of the molecule is Cn1cc(CCC(=O)N2CCCC(O)(COc3ccccc3)CC2)cn1. The molecule has 1 aromatic heterocycles. The van der Waals surface area contributed by atoms with E-state index in [0.717, 1.165) is 17.7 Å². The van der Waals surface area contributed by atoms with Crippen LogP contribution < -0.4 is 4.74 Å². The molecule has 1 amide bonds. The molecule has 0 saturated carbocycles. The molecule has 3 rings (SSSR count). The second-order valence-electron chi connectivity index (χ2n) is 7.08. The second kappa shape index (κ2) is 8.36. The van der Waals surface area contributed by atoms with Crippen LogP contribution in [0, 0.1) is 0 Å². The molecule has 26 heavy (non-hydrogen) atoms. The number of aromatic nitrogens is 2. The van der Waals surface area contributed by atoms with Gasteiger partial charge in [-0.2, -0.15) is 5.10 Å². The normalized spacial score (nSPS) is 20.6. The Labute approximate surface area is 154 Å². The molecule has 0 bridgehead atoms. The number of amides is 1. The summed E-state index contributed by atoms with van der Waals surface area (Å²) in [6, 6.07) is 9.52. The van der Waals surface area contributed by atoms with Crippen LogP contribution in [0.3, 0.4) is 0 Å². The van der Waals surface area contributed by atoms with Crippen LogP contribution in [-0.2, 0) is 18.3 Å². The zero-order valence-corrected chi connectivity index (χ0v) is 15.3. The van der Waals surface area contributed by atoms with Gasteiger partial charge in [0.1, 0.15) is 18.0 Å². The Balaban J connectivity index is 1.48. The number of likely N-dealkylation sites (tertiary alicyclic amines) is 1. The van der Waals surface area contributed by atoms with E-state index in [1.165, 1.54) is 0 Å². The molecule has 1 aliphatic rings. The van der Waals surface area contributed by atoms with Crippen LogP contribution in [0.25, 0.3) is 0 Å². The van der Waals surface area contributed by atoms with Gasteiger partial charge in [0, 0.05) is 32.8 Å². The summed E-state index contributed by atoms with van der Waals surface area (Å²) in [5.41, 5.74) is 0.192. The highest BCUT2D eigenvalue weighted by Crippen LogP contribution is 2.24. The summed E-state index contributed by atoms with van der Waals surface area (Å²) in [6.07, 6.45) is 6.89. The van der Waals surface area contributed by atoms with Crippen LogP contribution >= 0.6 is 0 Å². The lowest BCUT2D eigenvalue weighted by molar-refractivity contribution is -0.131. The van der Waals surface area contributed by atoms with Gasteiger partial charge in [0.05, 0.1) is 6.20 Å². The third-order valence-corrected chi connectivity index (χ3v) is 4.91. The molecule has 6 nitrogen and oxygen atoms in total. The van der Waals surface area contributed by atoms with Crippen molar-refractivity contribution in [3.05, 3.63) is 48.3 Å². The maximum absolute atomic E-state index is 12.5. The molecule has 1 fully saturated rings. The zero-order chi connectivity index (χ0) is 18.4. The van der Waals surface area contributed by atoms with Gasteiger partial charge >= 0.3 is 0 Å². The summed E-state index contributed by atoms with van der Waals surface area (Å²) in [4.78, 5) is 14.4. The van der Waals surface area contributed by atoms with Crippen molar-refractivity contribution in [2.45, 2.75) is 37.7 Å². The Kier molecular flexibility index (Phi) is 5.93. The summed E-state index contributed by atoms with van der Waals surface area (Å²) in [5, 5.41) is 15.0. The molecule has 0 spiro atoms. The molecule has 1 N–H and O–H groups in total. The molecule has 0 aliphatic carbocycles. The third kappa shape index (κ3) is 5.08. The lowest BCUT2D eigenvalue weighted by Crippen LogP contribution is -2.38. The number of carbonyl (C=O) groups excluding carboxylic acids is 1. The molecule has 1 saturated heterocycles. The van der Waals surface area contributed by atoms with Crippen LogP contribution in [0.2, 0.25) is 0 Å². The topological polar surface area (TPSA) is 67.6 Å². The van der Waals surface area contributed by atoms with Crippen molar-refractivity contribution >= 4 is 5.91 Å². The smallest absolute Gasteiger partial charge is 0.222 e. The van der Waals surface area contributed by atoms with Crippen LogP contribution in [0.5, 0.6) is 5.75 Å². The largest absolute Gasteiger partial charge is 0.491 e. The fraction of sp³-hybridized carbons (Fsp3) is 0.500. The highest BCUT2D eigenvalue weighted by atomic mass is 16.5. The maximum atomic E-state index is 12.5. The first kappa shape index (κ1) is 18.5. The van der Waals surface area contributed by atoms with Gasteiger partial charge in [0.25, 0.3) is 0 Å². The van der Waals surface area contributed by atoms with Crippen LogP contribution in [0.15, 0.2) is 42.7 Å². The number of carbonyl (C=O) groups is 1. The number of benzene rings is 1. The number of ether oxygens (including phenoxy) is 1. The summed E-state index contributed by atoms with van der Waals surface area (Å²) in [6.45, 7) is 1.52. The van der Waals surface area contributed by atoms with Gasteiger partial charge in [-0.1, -0.05) is 18.2 Å². The van der Waals surface area contributed by atoms with E-state index < -0.39 is 5.60 Å². The van der Waals surface area contributed by atoms with Gasteiger partial charge in [-0.05, 0) is 43.4 Å². The fourth-order valence-corrected chi connectivity index (χ4v) is 3.32. The highest BCUT2D eigenvalue weighted by Gasteiger charge is 2.32. The summed E-state index contributed by atoms with van der Waals surface area (Å²) < 4.78 is 7.49. The van der Waals surface area contributed by atoms with Gasteiger partial charge in [-0.3, -0.25) is 9.48 Å². The number of nitrogens with zero attached hydrogens (tertiary/aromatic N) is 3. The predicted molar refractivity (Wildman–Crippen MR) is 98.8 cm³/mol. The van der Waals surface area contributed by atoms with Crippen LogP contribution in [0.4, 0.5) is 0 Å². The first-order chi connectivity index (χ1) is 12.5. The van der Waals surface area contributed by atoms with E-state index in [1.54, 1.807) is 10.9 Å². The van der Waals surface area contributed by atoms with Crippen LogP contribution in [-0.4, -0.2) is 51.0 Å². The van der Waals surface area contributed by atoms with E-state index >= 15 is 0 Å². The Morgan fingerprint density at radius 3 is 2.81 bits per heavy atom. The molecule has 140 valence electrons. The molecule has 1 atom stereocenters. The number of rotatable bonds is 6. The van der Waals surface area contributed by atoms with E-state index in [-0.39, 0.29) is 12.5 Å². The lowest BCUT2D eigenvalue weighted by Gasteiger charge is -2.27. The van der Waals surface area contributed by atoms with E-state index in [0.29, 0.717) is 38.8 Å². The average molecular weight is 357 g/mol. The highest BCUT2D eigenvalue weighted by molar-refractivity contribution is 5.76. The molecule has 6 heteroatoms. The van der Waals surface area contributed by atoms with Crippen molar-refractivity contribution in [2.24, 2.45) is 7.05 Å². The van der Waals surface area contributed by atoms with E-state index in [4.69, 9.17) is 4.74 Å². The lowest BCUT2D eigenvalue weighted by atomic mass is 9.96. The van der Waals surface area contributed by atoms with Crippen molar-refractivity contribution in [3.8, 4) is 5.75 Å². The Hall–Kier alpha value is -2.34. The minimum Gasteiger partial charge on any atom is -0.491 e. The maximum Gasteiger partial charge on any atom is 0.222 e. The van der Waals surface area contributed by atoms with Crippen molar-refractivity contribution in [2.75, 3.05) is 19.7 Å². The fourth-order valence-electron chi connectivity index (χ4n) is 3.32. The van der Waals surface area contributed by atoms with Crippen molar-refractivity contribution in [1.82, 2.24) is 14.7 Å². The van der Waals surface area contributed by atoms with E-state index in [1.807, 2.05) is 48.5 Å². The van der Waals surface area contributed by atoms with Gasteiger partial charge < -0.3 is 14.7 Å². The average Bonchev–Trinajstić information content (AvgIpc) is 2.96. The third-order valence-electron chi connectivity index (χ3n) is 4.91. The van der Waals surface area contributed by atoms with Crippen molar-refractivity contribution in [1.29, 1.82) is 0 Å². The molecule has 2 heterocycles. The van der Waals surface area contributed by atoms with E-state index in [9.17, 15) is 9.90 Å². The van der Waals surface area contributed by atoms with Crippen LogP contribution in [0.1, 0.15) is 31.2 Å². The van der Waals surface area contributed by atoms with Gasteiger partial charge in [0.15, 0.2) is 0 Å². The summed E-state index contributed by atoms with van der Waals surface area (Å²) in [5.74, 6) is 0.900. The monoisotopic (exact) mass is 357 g/mol. The minimum atomic E-state index is -0.881. The first-order valence-corrected chi connectivity index (χ1v) is 9.20. The molecular weight excluding hydrogens is 330 g/mol. The zero-order valence-electron chi connectivity index (χ0n) is 15.3. The van der Waals surface area contributed by atoms with Gasteiger partial charge in [-0.25, -0.2) is 0 Å². The number of aryl methyl sites for hydroxylation is 2. The van der Waals surface area contributed by atoms with Crippen molar-refractivity contribution < 1.29 is 14.6 Å². The molecule has 1 unspecified atom stereocenters. The Morgan fingerprint density at radius 2 is 2.08 bits per heavy atom. The van der Waals surface area contributed by atoms with Crippen molar-refractivity contribution in [3.63, 3.8) is 0 Å². The number of aliphatic hydroxyl groups is 1. The second-order valence-corrected chi connectivity index (χ2v) is 7.08. The predicted octanol–water partition coefficient (Wildman–Crippen LogP) is 2.18.